The summed E-state index contributed by atoms with van der Waals surface area (Å²) < 4.78 is 25.1. The summed E-state index contributed by atoms with van der Waals surface area (Å²) in [6.07, 6.45) is 4.80. The number of nitrogens with zero attached hydrogens (tertiary/aromatic N) is 2. The molecule has 1 unspecified atom stereocenters. The third-order valence-electron chi connectivity index (χ3n) is 6.44. The number of carbonyl (C=O) groups is 2. The number of sulfonamides is 1. The molecule has 2 saturated heterocycles. The van der Waals surface area contributed by atoms with Crippen LogP contribution in [0.25, 0.3) is 0 Å². The zero-order valence-electron chi connectivity index (χ0n) is 19.0. The van der Waals surface area contributed by atoms with Crippen LogP contribution >= 0.6 is 0 Å². The number of carbonyl (C=O) groups excluding carboxylic acids is 2. The number of hydrogen-bond acceptors (Lipinski definition) is 5. The van der Waals surface area contributed by atoms with E-state index in [0.717, 1.165) is 30.2 Å². The molecule has 33 heavy (non-hydrogen) atoms. The minimum absolute atomic E-state index is 0.0124. The van der Waals surface area contributed by atoms with Gasteiger partial charge in [-0.15, -0.1) is 0 Å². The first-order chi connectivity index (χ1) is 15.8. The van der Waals surface area contributed by atoms with Crippen molar-refractivity contribution in [1.82, 2.24) is 10.2 Å². The maximum atomic E-state index is 12.9. The van der Waals surface area contributed by atoms with E-state index in [1.807, 2.05) is 0 Å². The summed E-state index contributed by atoms with van der Waals surface area (Å²) in [6.45, 7) is 4.59. The van der Waals surface area contributed by atoms with E-state index in [1.54, 1.807) is 12.1 Å². The second-order valence-electron chi connectivity index (χ2n) is 8.86. The molecule has 7 nitrogen and oxygen atoms in total. The highest BCUT2D eigenvalue weighted by Crippen LogP contribution is 2.26. The average Bonchev–Trinajstić information content (AvgIpc) is 2.97. The van der Waals surface area contributed by atoms with Crippen LogP contribution in [0.4, 0.5) is 5.69 Å². The monoisotopic (exact) mass is 469 g/mol. The zero-order chi connectivity index (χ0) is 23.4. The molecule has 1 N–H and O–H groups in total. The van der Waals surface area contributed by atoms with Crippen LogP contribution in [0.15, 0.2) is 48.5 Å². The normalized spacial score (nSPS) is 19.8. The van der Waals surface area contributed by atoms with Crippen LogP contribution in [0.1, 0.15) is 59.6 Å². The van der Waals surface area contributed by atoms with Gasteiger partial charge in [0.15, 0.2) is 0 Å². The lowest BCUT2D eigenvalue weighted by Crippen LogP contribution is -2.38. The lowest BCUT2D eigenvalue weighted by atomic mass is 10.0. The Morgan fingerprint density at radius 3 is 2.18 bits per heavy atom. The van der Waals surface area contributed by atoms with Gasteiger partial charge in [0.25, 0.3) is 5.91 Å². The van der Waals surface area contributed by atoms with Crippen LogP contribution < -0.4 is 9.62 Å². The minimum atomic E-state index is -3.62. The summed E-state index contributed by atoms with van der Waals surface area (Å²) in [7, 11) is -3.62. The van der Waals surface area contributed by atoms with Crippen molar-refractivity contribution >= 4 is 27.5 Å². The van der Waals surface area contributed by atoms with Gasteiger partial charge in [-0.3, -0.25) is 14.5 Å². The number of rotatable bonds is 6. The third-order valence-corrected chi connectivity index (χ3v) is 8.13. The lowest BCUT2D eigenvalue weighted by molar-refractivity contribution is -0.116. The topological polar surface area (TPSA) is 86.8 Å². The Bertz CT molecular complexity index is 1090. The molecule has 2 aliphatic heterocycles. The van der Waals surface area contributed by atoms with Gasteiger partial charge in [0.1, 0.15) is 0 Å². The SMILES string of the molecule is Cc1ccc(C(CNC(=O)c2ccc(N3C(=O)CCS3(=O)=O)cc2)N2CCCCCC2)cc1. The minimum Gasteiger partial charge on any atom is -0.350 e. The van der Waals surface area contributed by atoms with Gasteiger partial charge in [-0.05, 0) is 62.7 Å². The predicted molar refractivity (Wildman–Crippen MR) is 129 cm³/mol. The summed E-state index contributed by atoms with van der Waals surface area (Å²) in [5.74, 6) is -0.833. The molecule has 2 aromatic carbocycles. The Hall–Kier alpha value is -2.71. The molecule has 2 amide bonds. The van der Waals surface area contributed by atoms with Crippen molar-refractivity contribution in [2.45, 2.75) is 45.1 Å². The van der Waals surface area contributed by atoms with Crippen molar-refractivity contribution in [3.63, 3.8) is 0 Å². The molecule has 2 aromatic rings. The first kappa shape index (κ1) is 23.4. The number of aryl methyl sites for hydroxylation is 1. The van der Waals surface area contributed by atoms with Crippen molar-refractivity contribution in [3.05, 3.63) is 65.2 Å². The van der Waals surface area contributed by atoms with Gasteiger partial charge in [-0.1, -0.05) is 42.7 Å². The van der Waals surface area contributed by atoms with E-state index in [0.29, 0.717) is 12.1 Å². The number of anilines is 1. The van der Waals surface area contributed by atoms with Gasteiger partial charge in [0.2, 0.25) is 15.9 Å². The van der Waals surface area contributed by atoms with Crippen molar-refractivity contribution in [2.75, 3.05) is 29.7 Å². The Kier molecular flexibility index (Phi) is 7.14. The zero-order valence-corrected chi connectivity index (χ0v) is 19.8. The third kappa shape index (κ3) is 5.45. The summed E-state index contributed by atoms with van der Waals surface area (Å²) in [5, 5.41) is 3.06. The second-order valence-corrected chi connectivity index (χ2v) is 10.8. The highest BCUT2D eigenvalue weighted by molar-refractivity contribution is 7.94. The van der Waals surface area contributed by atoms with Gasteiger partial charge < -0.3 is 5.32 Å². The Balaban J connectivity index is 1.46. The van der Waals surface area contributed by atoms with Gasteiger partial charge in [0, 0.05) is 18.5 Å². The van der Waals surface area contributed by atoms with Crippen LogP contribution in [0.3, 0.4) is 0 Å². The summed E-state index contributed by atoms with van der Waals surface area (Å²) in [4.78, 5) is 27.3. The molecule has 176 valence electrons. The molecule has 0 aliphatic carbocycles. The lowest BCUT2D eigenvalue weighted by Gasteiger charge is -2.31. The van der Waals surface area contributed by atoms with Crippen molar-refractivity contribution in [1.29, 1.82) is 0 Å². The molecule has 4 rings (SSSR count). The highest BCUT2D eigenvalue weighted by Gasteiger charge is 2.36. The molecule has 2 fully saturated rings. The molecule has 2 heterocycles. The Labute approximate surface area is 195 Å². The van der Waals surface area contributed by atoms with Gasteiger partial charge >= 0.3 is 0 Å². The first-order valence-corrected chi connectivity index (χ1v) is 13.2. The van der Waals surface area contributed by atoms with Crippen molar-refractivity contribution in [2.24, 2.45) is 0 Å². The molecular formula is C25H31N3O4S. The molecule has 0 radical (unpaired) electrons. The number of hydrogen-bond donors (Lipinski definition) is 1. The summed E-state index contributed by atoms with van der Waals surface area (Å²) >= 11 is 0. The fourth-order valence-corrected chi connectivity index (χ4v) is 6.02. The van der Waals surface area contributed by atoms with Crippen LogP contribution in [0, 0.1) is 6.92 Å². The quantitative estimate of drug-likeness (QED) is 0.701. The number of likely N-dealkylation sites (tertiary alicyclic amines) is 1. The largest absolute Gasteiger partial charge is 0.350 e. The van der Waals surface area contributed by atoms with Gasteiger partial charge in [-0.25, -0.2) is 12.7 Å². The molecule has 0 saturated carbocycles. The molecule has 8 heteroatoms. The van der Waals surface area contributed by atoms with Crippen LogP contribution in [0.2, 0.25) is 0 Å². The first-order valence-electron chi connectivity index (χ1n) is 11.6. The van der Waals surface area contributed by atoms with Gasteiger partial charge in [-0.2, -0.15) is 0 Å². The van der Waals surface area contributed by atoms with E-state index in [9.17, 15) is 18.0 Å². The van der Waals surface area contributed by atoms with Crippen LogP contribution in [-0.4, -0.2) is 50.5 Å². The highest BCUT2D eigenvalue weighted by atomic mass is 32.2. The number of nitrogens with one attached hydrogen (secondary N) is 1. The second kappa shape index (κ2) is 10.1. The van der Waals surface area contributed by atoms with E-state index in [-0.39, 0.29) is 29.8 Å². The predicted octanol–water partition coefficient (Wildman–Crippen LogP) is 3.41. The molecule has 1 atom stereocenters. The summed E-state index contributed by atoms with van der Waals surface area (Å²) in [6, 6.07) is 14.8. The Morgan fingerprint density at radius 2 is 1.61 bits per heavy atom. The van der Waals surface area contributed by atoms with E-state index in [2.05, 4.69) is 41.4 Å². The van der Waals surface area contributed by atoms with E-state index >= 15 is 0 Å². The fourth-order valence-electron chi connectivity index (χ4n) is 4.56. The smallest absolute Gasteiger partial charge is 0.251 e. The molecule has 0 spiro atoms. The standard InChI is InChI=1S/C25H31N3O4S/c1-19-6-8-20(9-7-19)23(27-15-4-2-3-5-16-27)18-26-25(30)21-10-12-22(13-11-21)28-24(29)14-17-33(28,31)32/h6-13,23H,2-5,14-18H2,1H3,(H,26,30). The van der Waals surface area contributed by atoms with E-state index in [1.165, 1.54) is 36.1 Å². The van der Waals surface area contributed by atoms with E-state index in [4.69, 9.17) is 0 Å². The number of benzene rings is 2. The fraction of sp³-hybridized carbons (Fsp3) is 0.440. The van der Waals surface area contributed by atoms with Crippen molar-refractivity contribution in [3.8, 4) is 0 Å². The molecule has 0 aromatic heterocycles. The van der Waals surface area contributed by atoms with Gasteiger partial charge in [0.05, 0.1) is 17.5 Å². The van der Waals surface area contributed by atoms with Crippen LogP contribution in [-0.2, 0) is 14.8 Å². The number of amides is 2. The summed E-state index contributed by atoms with van der Waals surface area (Å²) in [5.41, 5.74) is 3.10. The maximum Gasteiger partial charge on any atom is 0.251 e. The van der Waals surface area contributed by atoms with Crippen molar-refractivity contribution < 1.29 is 18.0 Å². The molecule has 0 bridgehead atoms. The van der Waals surface area contributed by atoms with Crippen LogP contribution in [0.5, 0.6) is 0 Å². The Morgan fingerprint density at radius 1 is 0.970 bits per heavy atom. The van der Waals surface area contributed by atoms with E-state index < -0.39 is 15.9 Å². The molecular weight excluding hydrogens is 438 g/mol. The molecule has 2 aliphatic rings. The maximum absolute atomic E-state index is 12.9. The average molecular weight is 470 g/mol.